The maximum Gasteiger partial charge on any atom is 0.223 e. The molecule has 6 nitrogen and oxygen atoms in total. The van der Waals surface area contributed by atoms with Gasteiger partial charge in [-0.2, -0.15) is 5.10 Å². The Morgan fingerprint density at radius 3 is 2.78 bits per heavy atom. The van der Waals surface area contributed by atoms with Crippen LogP contribution in [0.1, 0.15) is 53.7 Å². The molecule has 3 rings (SSSR count). The minimum atomic E-state index is 0.0658. The zero-order valence-corrected chi connectivity index (χ0v) is 14.3. The maximum atomic E-state index is 12.7. The molecule has 3 heterocycles. The summed E-state index contributed by atoms with van der Waals surface area (Å²) in [6, 6.07) is 2.00. The van der Waals surface area contributed by atoms with Crippen molar-refractivity contribution in [3.8, 4) is 0 Å². The molecule has 23 heavy (non-hydrogen) atoms. The number of carbonyl (C=O) groups excluding carboxylic acids is 1. The molecule has 2 aromatic heterocycles. The molecule has 0 bridgehead atoms. The summed E-state index contributed by atoms with van der Waals surface area (Å²) in [5, 5.41) is 8.52. The molecule has 0 N–H and O–H groups in total. The fourth-order valence-corrected chi connectivity index (χ4v) is 3.47. The summed E-state index contributed by atoms with van der Waals surface area (Å²) >= 11 is 0. The molecule has 6 heteroatoms. The smallest absolute Gasteiger partial charge is 0.223 e. The van der Waals surface area contributed by atoms with Crippen molar-refractivity contribution in [3.63, 3.8) is 0 Å². The molecule has 1 aliphatic rings. The Labute approximate surface area is 136 Å². The monoisotopic (exact) mass is 316 g/mol. The molecule has 0 unspecified atom stereocenters. The summed E-state index contributed by atoms with van der Waals surface area (Å²) in [5.74, 6) is 0.983. The second-order valence-corrected chi connectivity index (χ2v) is 6.38. The first-order chi connectivity index (χ1) is 11.0. The number of likely N-dealkylation sites (tertiary alicyclic amines) is 1. The minimum Gasteiger partial charge on any atom is -0.361 e. The molecule has 0 aliphatic carbocycles. The number of hydrogen-bond donors (Lipinski definition) is 0. The molecular weight excluding hydrogens is 292 g/mol. The van der Waals surface area contributed by atoms with Crippen molar-refractivity contribution in [1.82, 2.24) is 19.8 Å². The number of nitrogens with zero attached hydrogens (tertiary/aromatic N) is 4. The van der Waals surface area contributed by atoms with Crippen LogP contribution in [0.4, 0.5) is 0 Å². The molecule has 124 valence electrons. The van der Waals surface area contributed by atoms with Crippen molar-refractivity contribution < 1.29 is 9.32 Å². The molecule has 0 spiro atoms. The van der Waals surface area contributed by atoms with Gasteiger partial charge in [-0.15, -0.1) is 0 Å². The second kappa shape index (κ2) is 6.18. The predicted molar refractivity (Wildman–Crippen MR) is 85.9 cm³/mol. The van der Waals surface area contributed by atoms with E-state index in [1.807, 2.05) is 36.5 Å². The van der Waals surface area contributed by atoms with E-state index < -0.39 is 0 Å². The Morgan fingerprint density at radius 1 is 1.39 bits per heavy atom. The lowest BCUT2D eigenvalue weighted by Gasteiger charge is -2.23. The van der Waals surface area contributed by atoms with Crippen molar-refractivity contribution in [2.24, 2.45) is 7.05 Å². The normalized spacial score (nSPS) is 17.9. The molecule has 0 aromatic carbocycles. The second-order valence-electron chi connectivity index (χ2n) is 6.38. The van der Waals surface area contributed by atoms with Gasteiger partial charge in [0.2, 0.25) is 5.91 Å². The Balaban J connectivity index is 1.68. The summed E-state index contributed by atoms with van der Waals surface area (Å²) in [6.45, 7) is 6.74. The van der Waals surface area contributed by atoms with Gasteiger partial charge in [-0.05, 0) is 45.6 Å². The molecule has 1 aliphatic heterocycles. The fraction of sp³-hybridized carbons (Fsp3) is 0.588. The zero-order chi connectivity index (χ0) is 16.6. The molecule has 0 saturated carbocycles. The van der Waals surface area contributed by atoms with Crippen molar-refractivity contribution in [2.45, 2.75) is 52.5 Å². The standard InChI is InChI=1S/C17H24N4O2/c1-11-10-15(19-23-11)16-6-5-9-21(16)17(22)8-7-14-12(2)18-20(4)13(14)3/h10,16H,5-9H2,1-4H3/t16-/m1/s1. The van der Waals surface area contributed by atoms with Crippen LogP contribution in [0.3, 0.4) is 0 Å². The van der Waals surface area contributed by atoms with Gasteiger partial charge in [0.25, 0.3) is 0 Å². The Morgan fingerprint density at radius 2 is 2.17 bits per heavy atom. The lowest BCUT2D eigenvalue weighted by atomic mass is 10.1. The van der Waals surface area contributed by atoms with Gasteiger partial charge < -0.3 is 9.42 Å². The summed E-state index contributed by atoms with van der Waals surface area (Å²) in [5.41, 5.74) is 4.22. The third-order valence-corrected chi connectivity index (χ3v) is 4.81. The molecule has 1 saturated heterocycles. The third kappa shape index (κ3) is 3.02. The van der Waals surface area contributed by atoms with Crippen LogP contribution in [0.5, 0.6) is 0 Å². The van der Waals surface area contributed by atoms with Crippen molar-refractivity contribution in [2.75, 3.05) is 6.54 Å². The van der Waals surface area contributed by atoms with E-state index in [-0.39, 0.29) is 11.9 Å². The van der Waals surface area contributed by atoms with Crippen molar-refractivity contribution >= 4 is 5.91 Å². The number of carbonyl (C=O) groups is 1. The lowest BCUT2D eigenvalue weighted by molar-refractivity contribution is -0.132. The summed E-state index contributed by atoms with van der Waals surface area (Å²) in [4.78, 5) is 14.6. The van der Waals surface area contributed by atoms with E-state index in [0.717, 1.165) is 48.6 Å². The predicted octanol–water partition coefficient (Wildman–Crippen LogP) is 2.63. The Hall–Kier alpha value is -2.11. The van der Waals surface area contributed by atoms with Crippen LogP contribution in [-0.2, 0) is 18.3 Å². The maximum absolute atomic E-state index is 12.7. The van der Waals surface area contributed by atoms with E-state index in [1.165, 1.54) is 5.56 Å². The lowest BCUT2D eigenvalue weighted by Crippen LogP contribution is -2.30. The van der Waals surface area contributed by atoms with Crippen LogP contribution in [0.25, 0.3) is 0 Å². The highest BCUT2D eigenvalue weighted by Gasteiger charge is 2.31. The van der Waals surface area contributed by atoms with Crippen molar-refractivity contribution in [1.29, 1.82) is 0 Å². The van der Waals surface area contributed by atoms with E-state index >= 15 is 0 Å². The van der Waals surface area contributed by atoms with Crippen LogP contribution in [-0.4, -0.2) is 32.3 Å². The van der Waals surface area contributed by atoms with Gasteiger partial charge in [-0.1, -0.05) is 5.16 Å². The van der Waals surface area contributed by atoms with Gasteiger partial charge >= 0.3 is 0 Å². The van der Waals surface area contributed by atoms with Gasteiger partial charge in [0.1, 0.15) is 11.5 Å². The number of rotatable bonds is 4. The molecule has 1 fully saturated rings. The van der Waals surface area contributed by atoms with E-state index in [4.69, 9.17) is 4.52 Å². The molecular formula is C17H24N4O2. The first-order valence-electron chi connectivity index (χ1n) is 8.19. The third-order valence-electron chi connectivity index (χ3n) is 4.81. The fourth-order valence-electron chi connectivity index (χ4n) is 3.47. The van der Waals surface area contributed by atoms with Crippen LogP contribution in [0.15, 0.2) is 10.6 Å². The SMILES string of the molecule is Cc1cc([C@H]2CCCN2C(=O)CCc2c(C)nn(C)c2C)no1. The summed E-state index contributed by atoms with van der Waals surface area (Å²) in [7, 11) is 1.94. The van der Waals surface area contributed by atoms with Gasteiger partial charge in [-0.3, -0.25) is 9.48 Å². The first kappa shape index (κ1) is 15.8. The minimum absolute atomic E-state index is 0.0658. The van der Waals surface area contributed by atoms with E-state index in [9.17, 15) is 4.79 Å². The Bertz CT molecular complexity index is 716. The summed E-state index contributed by atoms with van der Waals surface area (Å²) in [6.07, 6.45) is 3.24. The molecule has 1 amide bonds. The number of aromatic nitrogens is 3. The summed E-state index contributed by atoms with van der Waals surface area (Å²) < 4.78 is 7.05. The molecule has 1 atom stereocenters. The first-order valence-corrected chi connectivity index (χ1v) is 8.19. The Kier molecular flexibility index (Phi) is 4.24. The molecule has 0 radical (unpaired) electrons. The number of hydrogen-bond acceptors (Lipinski definition) is 4. The number of aryl methyl sites for hydroxylation is 3. The highest BCUT2D eigenvalue weighted by atomic mass is 16.5. The quantitative estimate of drug-likeness (QED) is 0.870. The van der Waals surface area contributed by atoms with E-state index in [2.05, 4.69) is 17.2 Å². The van der Waals surface area contributed by atoms with Crippen LogP contribution < -0.4 is 0 Å². The highest BCUT2D eigenvalue weighted by Crippen LogP contribution is 2.32. The van der Waals surface area contributed by atoms with E-state index in [0.29, 0.717) is 6.42 Å². The topological polar surface area (TPSA) is 64.2 Å². The average molecular weight is 316 g/mol. The molecule has 2 aromatic rings. The van der Waals surface area contributed by atoms with Crippen molar-refractivity contribution in [3.05, 3.63) is 34.5 Å². The average Bonchev–Trinajstić information content (AvgIpc) is 3.19. The van der Waals surface area contributed by atoms with Gasteiger partial charge in [0.15, 0.2) is 0 Å². The van der Waals surface area contributed by atoms with Gasteiger partial charge in [0.05, 0.1) is 11.7 Å². The van der Waals surface area contributed by atoms with Crippen LogP contribution in [0.2, 0.25) is 0 Å². The van der Waals surface area contributed by atoms with Crippen LogP contribution >= 0.6 is 0 Å². The van der Waals surface area contributed by atoms with Gasteiger partial charge in [0, 0.05) is 31.8 Å². The highest BCUT2D eigenvalue weighted by molar-refractivity contribution is 5.77. The van der Waals surface area contributed by atoms with E-state index in [1.54, 1.807) is 0 Å². The zero-order valence-electron chi connectivity index (χ0n) is 14.3. The van der Waals surface area contributed by atoms with Crippen LogP contribution in [0, 0.1) is 20.8 Å². The largest absolute Gasteiger partial charge is 0.361 e. The number of amides is 1. The van der Waals surface area contributed by atoms with Gasteiger partial charge in [-0.25, -0.2) is 0 Å².